The third-order valence-corrected chi connectivity index (χ3v) is 3.86. The Morgan fingerprint density at radius 3 is 2.17 bits per heavy atom. The Morgan fingerprint density at radius 1 is 1.06 bits per heavy atom. The molecule has 1 unspecified atom stereocenters. The maximum atomic E-state index is 6.16. The number of hydrogen-bond donors (Lipinski definition) is 1. The minimum atomic E-state index is 0.172. The summed E-state index contributed by atoms with van der Waals surface area (Å²) < 4.78 is 5.63. The Labute approximate surface area is 113 Å². The maximum absolute atomic E-state index is 6.16. The summed E-state index contributed by atoms with van der Waals surface area (Å²) in [7, 11) is 0. The largest absolute Gasteiger partial charge is 0.381 e. The zero-order valence-electron chi connectivity index (χ0n) is 12.7. The van der Waals surface area contributed by atoms with E-state index in [2.05, 4.69) is 32.6 Å². The van der Waals surface area contributed by atoms with Gasteiger partial charge in [-0.2, -0.15) is 0 Å². The van der Waals surface area contributed by atoms with Crippen LogP contribution in [-0.4, -0.2) is 43.3 Å². The number of hydrogen-bond acceptors (Lipinski definition) is 3. The van der Waals surface area contributed by atoms with Crippen LogP contribution in [0.1, 0.15) is 47.0 Å². The first-order valence-electron chi connectivity index (χ1n) is 7.53. The normalized spacial score (nSPS) is 26.0. The van der Waals surface area contributed by atoms with Crippen LogP contribution in [0.4, 0.5) is 0 Å². The van der Waals surface area contributed by atoms with Crippen molar-refractivity contribution >= 4 is 0 Å². The fraction of sp³-hybridized carbons (Fsp3) is 1.00. The summed E-state index contributed by atoms with van der Waals surface area (Å²) in [6, 6.07) is 0. The Hall–Kier alpha value is -0.120. The van der Waals surface area contributed by atoms with Gasteiger partial charge in [-0.05, 0) is 31.1 Å². The van der Waals surface area contributed by atoms with Crippen LogP contribution in [0.25, 0.3) is 0 Å². The zero-order valence-corrected chi connectivity index (χ0v) is 12.7. The first-order chi connectivity index (χ1) is 8.50. The van der Waals surface area contributed by atoms with Gasteiger partial charge in [-0.1, -0.05) is 27.7 Å². The molecule has 0 bridgehead atoms. The second-order valence-corrected chi connectivity index (χ2v) is 6.59. The van der Waals surface area contributed by atoms with Crippen molar-refractivity contribution in [3.05, 3.63) is 0 Å². The van der Waals surface area contributed by atoms with E-state index in [9.17, 15) is 0 Å². The highest BCUT2D eigenvalue weighted by Gasteiger charge is 2.36. The second kappa shape index (κ2) is 7.46. The van der Waals surface area contributed by atoms with Crippen molar-refractivity contribution in [2.24, 2.45) is 17.6 Å². The lowest BCUT2D eigenvalue weighted by molar-refractivity contribution is 0.0470. The van der Waals surface area contributed by atoms with Crippen molar-refractivity contribution in [1.29, 1.82) is 0 Å². The van der Waals surface area contributed by atoms with E-state index in [1.807, 2.05) is 0 Å². The maximum Gasteiger partial charge on any atom is 0.0484 e. The van der Waals surface area contributed by atoms with Gasteiger partial charge in [-0.25, -0.2) is 0 Å². The summed E-state index contributed by atoms with van der Waals surface area (Å²) in [4.78, 5) is 2.65. The van der Waals surface area contributed by atoms with E-state index in [0.717, 1.165) is 45.7 Å². The van der Waals surface area contributed by atoms with E-state index in [4.69, 9.17) is 10.5 Å². The molecule has 0 aliphatic carbocycles. The van der Waals surface area contributed by atoms with Gasteiger partial charge in [0.25, 0.3) is 0 Å². The van der Waals surface area contributed by atoms with E-state index in [1.54, 1.807) is 0 Å². The summed E-state index contributed by atoms with van der Waals surface area (Å²) in [6.45, 7) is 14.0. The molecular formula is C15H32N2O. The Morgan fingerprint density at radius 2 is 1.67 bits per heavy atom. The minimum Gasteiger partial charge on any atom is -0.381 e. The highest BCUT2D eigenvalue weighted by atomic mass is 16.5. The number of ether oxygens (including phenoxy) is 1. The van der Waals surface area contributed by atoms with Gasteiger partial charge >= 0.3 is 0 Å². The number of nitrogens with zero attached hydrogens (tertiary/aromatic N) is 1. The van der Waals surface area contributed by atoms with Crippen LogP contribution in [0.5, 0.6) is 0 Å². The van der Waals surface area contributed by atoms with Crippen LogP contribution in [0.3, 0.4) is 0 Å². The van der Waals surface area contributed by atoms with E-state index >= 15 is 0 Å². The summed E-state index contributed by atoms with van der Waals surface area (Å²) in [5.74, 6) is 1.38. The van der Waals surface area contributed by atoms with Crippen molar-refractivity contribution in [3.8, 4) is 0 Å². The molecule has 0 spiro atoms. The van der Waals surface area contributed by atoms with Crippen LogP contribution in [0.15, 0.2) is 0 Å². The Kier molecular flexibility index (Phi) is 6.61. The van der Waals surface area contributed by atoms with Crippen LogP contribution >= 0.6 is 0 Å². The van der Waals surface area contributed by atoms with Gasteiger partial charge in [0, 0.05) is 38.4 Å². The molecule has 18 heavy (non-hydrogen) atoms. The molecule has 2 N–H and O–H groups in total. The van der Waals surface area contributed by atoms with E-state index in [-0.39, 0.29) is 5.54 Å². The summed E-state index contributed by atoms with van der Waals surface area (Å²) in [6.07, 6.45) is 3.41. The van der Waals surface area contributed by atoms with E-state index in [1.165, 1.54) is 6.42 Å². The summed E-state index contributed by atoms with van der Waals surface area (Å²) in [5.41, 5.74) is 6.33. The lowest BCUT2D eigenvalue weighted by Crippen LogP contribution is -2.56. The second-order valence-electron chi connectivity index (χ2n) is 6.59. The number of nitrogens with two attached hydrogens (primary N) is 1. The molecule has 1 atom stereocenters. The van der Waals surface area contributed by atoms with Crippen LogP contribution in [0.2, 0.25) is 0 Å². The highest BCUT2D eigenvalue weighted by Crippen LogP contribution is 2.29. The quantitative estimate of drug-likeness (QED) is 0.793. The van der Waals surface area contributed by atoms with E-state index in [0.29, 0.717) is 11.8 Å². The SMILES string of the molecule is CC(C)CN(CC(C)C)C1(CN)CCCOCC1. The minimum absolute atomic E-state index is 0.172. The van der Waals surface area contributed by atoms with Gasteiger partial charge in [0.05, 0.1) is 0 Å². The third kappa shape index (κ3) is 4.52. The molecule has 1 fully saturated rings. The van der Waals surface area contributed by atoms with Gasteiger partial charge in [0.1, 0.15) is 0 Å². The Balaban J connectivity index is 2.81. The molecule has 0 aromatic carbocycles. The molecule has 1 aliphatic rings. The van der Waals surface area contributed by atoms with Crippen LogP contribution < -0.4 is 5.73 Å². The predicted molar refractivity (Wildman–Crippen MR) is 77.7 cm³/mol. The lowest BCUT2D eigenvalue weighted by atomic mass is 9.87. The number of rotatable bonds is 6. The molecule has 0 amide bonds. The fourth-order valence-corrected chi connectivity index (χ4v) is 2.99. The monoisotopic (exact) mass is 256 g/mol. The molecule has 1 aliphatic heterocycles. The van der Waals surface area contributed by atoms with Gasteiger partial charge in [-0.3, -0.25) is 4.90 Å². The van der Waals surface area contributed by atoms with Crippen molar-refractivity contribution in [1.82, 2.24) is 4.90 Å². The topological polar surface area (TPSA) is 38.5 Å². The first-order valence-corrected chi connectivity index (χ1v) is 7.53. The summed E-state index contributed by atoms with van der Waals surface area (Å²) in [5, 5.41) is 0. The molecule has 0 aromatic heterocycles. The van der Waals surface area contributed by atoms with Crippen molar-refractivity contribution in [2.75, 3.05) is 32.8 Å². The molecule has 1 heterocycles. The van der Waals surface area contributed by atoms with Crippen molar-refractivity contribution < 1.29 is 4.74 Å². The van der Waals surface area contributed by atoms with Gasteiger partial charge in [0.2, 0.25) is 0 Å². The first kappa shape index (κ1) is 15.9. The standard InChI is InChI=1S/C15H32N2O/c1-13(2)10-17(11-14(3)4)15(12-16)6-5-8-18-9-7-15/h13-14H,5-12,16H2,1-4H3. The molecule has 3 nitrogen and oxygen atoms in total. The molecule has 1 rings (SSSR count). The predicted octanol–water partition coefficient (Wildman–Crippen LogP) is 2.50. The van der Waals surface area contributed by atoms with Gasteiger partial charge < -0.3 is 10.5 Å². The van der Waals surface area contributed by atoms with Gasteiger partial charge in [0.15, 0.2) is 0 Å². The molecule has 1 saturated heterocycles. The third-order valence-electron chi connectivity index (χ3n) is 3.86. The van der Waals surface area contributed by atoms with E-state index < -0.39 is 0 Å². The smallest absolute Gasteiger partial charge is 0.0484 e. The molecular weight excluding hydrogens is 224 g/mol. The van der Waals surface area contributed by atoms with Crippen LogP contribution in [-0.2, 0) is 4.74 Å². The van der Waals surface area contributed by atoms with Gasteiger partial charge in [-0.15, -0.1) is 0 Å². The molecule has 3 heteroatoms. The fourth-order valence-electron chi connectivity index (χ4n) is 2.99. The molecule has 0 saturated carbocycles. The van der Waals surface area contributed by atoms with Crippen molar-refractivity contribution in [2.45, 2.75) is 52.5 Å². The average molecular weight is 256 g/mol. The molecule has 0 radical (unpaired) electrons. The lowest BCUT2D eigenvalue weighted by Gasteiger charge is -2.44. The van der Waals surface area contributed by atoms with Crippen LogP contribution in [0, 0.1) is 11.8 Å². The Bertz CT molecular complexity index is 211. The summed E-state index contributed by atoms with van der Waals surface area (Å²) >= 11 is 0. The average Bonchev–Trinajstić information content (AvgIpc) is 2.53. The zero-order chi connectivity index (χ0) is 13.6. The molecule has 0 aromatic rings. The highest BCUT2D eigenvalue weighted by molar-refractivity contribution is 4.93. The molecule has 108 valence electrons. The van der Waals surface area contributed by atoms with Crippen molar-refractivity contribution in [3.63, 3.8) is 0 Å².